The average molecular weight is 279 g/mol. The second-order valence-corrected chi connectivity index (χ2v) is 6.42. The van der Waals surface area contributed by atoms with E-state index in [0.29, 0.717) is 5.92 Å². The molecule has 2 aromatic heterocycles. The van der Waals surface area contributed by atoms with E-state index in [-0.39, 0.29) is 0 Å². The Morgan fingerprint density at radius 2 is 2.26 bits per heavy atom. The van der Waals surface area contributed by atoms with Crippen molar-refractivity contribution in [3.8, 4) is 0 Å². The first-order chi connectivity index (χ1) is 9.40. The van der Waals surface area contributed by atoms with E-state index in [1.165, 1.54) is 12.8 Å². The van der Waals surface area contributed by atoms with Crippen LogP contribution in [0.5, 0.6) is 0 Å². The SMILES string of the molecule is C1CC(c2nnc3sc(CNCC4CC4)nn23)CO1. The largest absolute Gasteiger partial charge is 0.381 e. The van der Waals surface area contributed by atoms with E-state index in [0.717, 1.165) is 54.4 Å². The maximum atomic E-state index is 5.42. The monoisotopic (exact) mass is 279 g/mol. The zero-order valence-corrected chi connectivity index (χ0v) is 11.5. The van der Waals surface area contributed by atoms with Gasteiger partial charge in [-0.2, -0.15) is 9.61 Å². The Balaban J connectivity index is 1.50. The first-order valence-corrected chi connectivity index (χ1v) is 7.71. The van der Waals surface area contributed by atoms with E-state index in [9.17, 15) is 0 Å². The van der Waals surface area contributed by atoms with Gasteiger partial charge in [0.25, 0.3) is 0 Å². The van der Waals surface area contributed by atoms with Crippen LogP contribution in [-0.2, 0) is 11.3 Å². The Morgan fingerprint density at radius 1 is 1.32 bits per heavy atom. The van der Waals surface area contributed by atoms with Crippen molar-refractivity contribution in [1.82, 2.24) is 25.1 Å². The van der Waals surface area contributed by atoms with Crippen LogP contribution in [0.15, 0.2) is 0 Å². The molecule has 6 nitrogen and oxygen atoms in total. The van der Waals surface area contributed by atoms with Crippen molar-refractivity contribution < 1.29 is 4.74 Å². The van der Waals surface area contributed by atoms with Crippen molar-refractivity contribution in [1.29, 1.82) is 0 Å². The molecule has 1 saturated heterocycles. The Kier molecular flexibility index (Phi) is 2.97. The van der Waals surface area contributed by atoms with Gasteiger partial charge in [0.2, 0.25) is 4.96 Å². The molecule has 3 heterocycles. The fraction of sp³-hybridized carbons (Fsp3) is 0.750. The smallest absolute Gasteiger partial charge is 0.234 e. The fourth-order valence-electron chi connectivity index (χ4n) is 2.44. The van der Waals surface area contributed by atoms with Crippen LogP contribution < -0.4 is 5.32 Å². The molecule has 1 aliphatic heterocycles. The quantitative estimate of drug-likeness (QED) is 0.890. The van der Waals surface area contributed by atoms with Crippen LogP contribution in [-0.4, -0.2) is 39.6 Å². The Morgan fingerprint density at radius 3 is 3.05 bits per heavy atom. The third kappa shape index (κ3) is 2.37. The minimum absolute atomic E-state index is 0.351. The third-order valence-electron chi connectivity index (χ3n) is 3.76. The predicted octanol–water partition coefficient (Wildman–Crippen LogP) is 1.19. The maximum absolute atomic E-state index is 5.42. The molecule has 2 aliphatic rings. The van der Waals surface area contributed by atoms with Crippen molar-refractivity contribution >= 4 is 16.3 Å². The summed E-state index contributed by atoms with van der Waals surface area (Å²) in [5.74, 6) is 2.21. The normalized spacial score (nSPS) is 23.5. The van der Waals surface area contributed by atoms with Crippen molar-refractivity contribution in [2.75, 3.05) is 19.8 Å². The first kappa shape index (κ1) is 11.7. The number of hydrogen-bond donors (Lipinski definition) is 1. The minimum atomic E-state index is 0.351. The van der Waals surface area contributed by atoms with Crippen LogP contribution in [0.4, 0.5) is 0 Å². The first-order valence-electron chi connectivity index (χ1n) is 6.89. The van der Waals surface area contributed by atoms with Crippen molar-refractivity contribution in [2.24, 2.45) is 5.92 Å². The molecule has 1 unspecified atom stereocenters. The van der Waals surface area contributed by atoms with Gasteiger partial charge in [0, 0.05) is 19.1 Å². The average Bonchev–Trinajstić information content (AvgIpc) is 2.80. The summed E-state index contributed by atoms with van der Waals surface area (Å²) in [6.45, 7) is 3.52. The maximum Gasteiger partial charge on any atom is 0.234 e. The van der Waals surface area contributed by atoms with Crippen LogP contribution in [0, 0.1) is 5.92 Å². The highest BCUT2D eigenvalue weighted by atomic mass is 32.1. The molecule has 102 valence electrons. The number of nitrogens with one attached hydrogen (secondary N) is 1. The van der Waals surface area contributed by atoms with Gasteiger partial charge in [-0.05, 0) is 31.7 Å². The summed E-state index contributed by atoms with van der Waals surface area (Å²) in [7, 11) is 0. The predicted molar refractivity (Wildman–Crippen MR) is 71.3 cm³/mol. The molecule has 7 heteroatoms. The Bertz CT molecular complexity index is 570. The van der Waals surface area contributed by atoms with Gasteiger partial charge in [-0.1, -0.05) is 11.3 Å². The van der Waals surface area contributed by atoms with Gasteiger partial charge in [-0.25, -0.2) is 0 Å². The summed E-state index contributed by atoms with van der Waals surface area (Å²) >= 11 is 1.62. The minimum Gasteiger partial charge on any atom is -0.381 e. The lowest BCUT2D eigenvalue weighted by Crippen LogP contribution is -2.16. The van der Waals surface area contributed by atoms with E-state index in [1.807, 2.05) is 4.52 Å². The van der Waals surface area contributed by atoms with Crippen LogP contribution in [0.1, 0.15) is 36.0 Å². The molecular weight excluding hydrogens is 262 g/mol. The third-order valence-corrected chi connectivity index (χ3v) is 4.66. The summed E-state index contributed by atoms with van der Waals surface area (Å²) in [6.07, 6.45) is 3.78. The molecule has 19 heavy (non-hydrogen) atoms. The highest BCUT2D eigenvalue weighted by molar-refractivity contribution is 7.16. The molecular formula is C12H17N5OS. The van der Waals surface area contributed by atoms with E-state index >= 15 is 0 Å². The van der Waals surface area contributed by atoms with Crippen molar-refractivity contribution in [2.45, 2.75) is 31.7 Å². The van der Waals surface area contributed by atoms with Gasteiger partial charge in [0.15, 0.2) is 5.82 Å². The van der Waals surface area contributed by atoms with Gasteiger partial charge >= 0.3 is 0 Å². The lowest BCUT2D eigenvalue weighted by atomic mass is 10.1. The van der Waals surface area contributed by atoms with Crippen LogP contribution in [0.3, 0.4) is 0 Å². The summed E-state index contributed by atoms with van der Waals surface area (Å²) in [4.78, 5) is 0.894. The number of aromatic nitrogens is 4. The molecule has 1 N–H and O–H groups in total. The second kappa shape index (κ2) is 4.81. The van der Waals surface area contributed by atoms with E-state index in [2.05, 4.69) is 20.6 Å². The zero-order chi connectivity index (χ0) is 12.7. The van der Waals surface area contributed by atoms with Crippen molar-refractivity contribution in [3.05, 3.63) is 10.8 Å². The van der Waals surface area contributed by atoms with Crippen LogP contribution in [0.25, 0.3) is 4.96 Å². The highest BCUT2D eigenvalue weighted by Gasteiger charge is 2.25. The molecule has 1 saturated carbocycles. The Hall–Kier alpha value is -1.05. The van der Waals surface area contributed by atoms with Gasteiger partial charge < -0.3 is 10.1 Å². The molecule has 0 spiro atoms. The fourth-order valence-corrected chi connectivity index (χ4v) is 3.25. The summed E-state index contributed by atoms with van der Waals surface area (Å²) in [5.41, 5.74) is 0. The molecule has 0 amide bonds. The van der Waals surface area contributed by atoms with E-state index < -0.39 is 0 Å². The summed E-state index contributed by atoms with van der Waals surface area (Å²) < 4.78 is 7.32. The van der Waals surface area contributed by atoms with Crippen molar-refractivity contribution in [3.63, 3.8) is 0 Å². The number of fused-ring (bicyclic) bond motifs is 1. The molecule has 4 rings (SSSR count). The molecule has 1 atom stereocenters. The van der Waals surface area contributed by atoms with E-state index in [1.54, 1.807) is 11.3 Å². The van der Waals surface area contributed by atoms with Crippen LogP contribution in [0.2, 0.25) is 0 Å². The molecule has 2 aromatic rings. The topological polar surface area (TPSA) is 64.3 Å². The number of rotatable bonds is 5. The number of hydrogen-bond acceptors (Lipinski definition) is 6. The zero-order valence-electron chi connectivity index (χ0n) is 10.7. The second-order valence-electron chi connectivity index (χ2n) is 5.38. The summed E-state index contributed by atoms with van der Waals surface area (Å²) in [5, 5.41) is 17.7. The van der Waals surface area contributed by atoms with E-state index in [4.69, 9.17) is 4.74 Å². The van der Waals surface area contributed by atoms with Gasteiger partial charge in [0.1, 0.15) is 5.01 Å². The molecule has 0 bridgehead atoms. The highest BCUT2D eigenvalue weighted by Crippen LogP contribution is 2.28. The van der Waals surface area contributed by atoms with Gasteiger partial charge in [-0.15, -0.1) is 10.2 Å². The molecule has 0 aromatic carbocycles. The number of ether oxygens (including phenoxy) is 1. The lowest BCUT2D eigenvalue weighted by Gasteiger charge is -2.02. The summed E-state index contributed by atoms with van der Waals surface area (Å²) in [6, 6.07) is 0. The molecule has 2 fully saturated rings. The Labute approximate surface area is 115 Å². The van der Waals surface area contributed by atoms with Crippen LogP contribution >= 0.6 is 11.3 Å². The lowest BCUT2D eigenvalue weighted by molar-refractivity contribution is 0.193. The number of nitrogens with zero attached hydrogens (tertiary/aromatic N) is 4. The standard InChI is InChI=1S/C12H17N5OS/c1-2-8(1)5-13-6-10-16-17-11(9-3-4-18-7-9)14-15-12(17)19-10/h8-9,13H,1-7H2. The molecule has 1 aliphatic carbocycles. The van der Waals surface area contributed by atoms with Gasteiger partial charge in [0.05, 0.1) is 6.61 Å². The van der Waals surface area contributed by atoms with Gasteiger partial charge in [-0.3, -0.25) is 0 Å². The molecule has 0 radical (unpaired) electrons.